The Balaban J connectivity index is 1.58. The maximum absolute atomic E-state index is 13.8. The number of nitrogens with one attached hydrogen (secondary N) is 1. The molecule has 0 spiro atoms. The number of benzene rings is 2. The van der Waals surface area contributed by atoms with Gasteiger partial charge < -0.3 is 14.6 Å². The van der Waals surface area contributed by atoms with E-state index in [0.717, 1.165) is 24.6 Å². The number of para-hydroxylation sites is 2. The molecule has 3 aromatic rings. The second kappa shape index (κ2) is 6.16. The Labute approximate surface area is 142 Å². The van der Waals surface area contributed by atoms with Crippen LogP contribution in [0.5, 0.6) is 0 Å². The maximum atomic E-state index is 13.8. The molecule has 5 nitrogen and oxygen atoms in total. The van der Waals surface area contributed by atoms with Crippen molar-refractivity contribution in [2.24, 2.45) is 0 Å². The fourth-order valence-corrected chi connectivity index (χ4v) is 3.06. The van der Waals surface area contributed by atoms with E-state index in [4.69, 9.17) is 4.42 Å². The van der Waals surface area contributed by atoms with Crippen LogP contribution in [0.2, 0.25) is 0 Å². The van der Waals surface area contributed by atoms with E-state index in [1.807, 2.05) is 18.2 Å². The van der Waals surface area contributed by atoms with Gasteiger partial charge in [-0.25, -0.2) is 8.78 Å². The van der Waals surface area contributed by atoms with Gasteiger partial charge in [0, 0.05) is 12.6 Å². The Morgan fingerprint density at radius 1 is 1.24 bits per heavy atom. The van der Waals surface area contributed by atoms with E-state index in [-0.39, 0.29) is 5.69 Å². The highest BCUT2D eigenvalue weighted by molar-refractivity contribution is 5.97. The first-order valence-corrected chi connectivity index (χ1v) is 8.00. The summed E-state index contributed by atoms with van der Waals surface area (Å²) in [4.78, 5) is 18.7. The summed E-state index contributed by atoms with van der Waals surface area (Å²) in [6.45, 7) is 0.608. The SMILES string of the molecule is O=C(Nc1cc(F)ccc1F)[C@H]1CCCN1c1nc2ccccc2o1. The molecule has 128 valence electrons. The number of aromatic nitrogens is 1. The summed E-state index contributed by atoms with van der Waals surface area (Å²) in [5, 5.41) is 2.46. The summed E-state index contributed by atoms with van der Waals surface area (Å²) >= 11 is 0. The molecule has 2 heterocycles. The van der Waals surface area contributed by atoms with Crippen LogP contribution in [-0.2, 0) is 4.79 Å². The van der Waals surface area contributed by atoms with Gasteiger partial charge in [-0.15, -0.1) is 0 Å². The van der Waals surface area contributed by atoms with Crippen molar-refractivity contribution in [3.63, 3.8) is 0 Å². The lowest BCUT2D eigenvalue weighted by molar-refractivity contribution is -0.117. The monoisotopic (exact) mass is 343 g/mol. The summed E-state index contributed by atoms with van der Waals surface area (Å²) in [7, 11) is 0. The molecule has 1 atom stereocenters. The zero-order valence-corrected chi connectivity index (χ0v) is 13.2. The van der Waals surface area contributed by atoms with Gasteiger partial charge in [0.15, 0.2) is 5.58 Å². The van der Waals surface area contributed by atoms with Crippen LogP contribution in [0.15, 0.2) is 46.9 Å². The maximum Gasteiger partial charge on any atom is 0.299 e. The van der Waals surface area contributed by atoms with Crippen LogP contribution in [0.25, 0.3) is 11.1 Å². The number of carbonyl (C=O) groups excluding carboxylic acids is 1. The van der Waals surface area contributed by atoms with Crippen molar-refractivity contribution in [2.45, 2.75) is 18.9 Å². The van der Waals surface area contributed by atoms with E-state index in [9.17, 15) is 13.6 Å². The van der Waals surface area contributed by atoms with Gasteiger partial charge in [0.2, 0.25) is 5.91 Å². The van der Waals surface area contributed by atoms with Gasteiger partial charge in [-0.2, -0.15) is 4.98 Å². The van der Waals surface area contributed by atoms with Gasteiger partial charge in [0.25, 0.3) is 6.01 Å². The minimum atomic E-state index is -0.679. The van der Waals surface area contributed by atoms with Crippen molar-refractivity contribution in [2.75, 3.05) is 16.8 Å². The molecule has 0 unspecified atom stereocenters. The zero-order chi connectivity index (χ0) is 17.4. The molecule has 0 bridgehead atoms. The van der Waals surface area contributed by atoms with Crippen molar-refractivity contribution in [3.8, 4) is 0 Å². The number of nitrogens with zero attached hydrogens (tertiary/aromatic N) is 2. The van der Waals surface area contributed by atoms with Crippen LogP contribution in [0, 0.1) is 11.6 Å². The normalized spacial score (nSPS) is 17.2. The fourth-order valence-electron chi connectivity index (χ4n) is 3.06. The van der Waals surface area contributed by atoms with Gasteiger partial charge in [-0.1, -0.05) is 12.1 Å². The molecule has 2 aromatic carbocycles. The average Bonchev–Trinajstić information content (AvgIpc) is 3.24. The number of anilines is 2. The standard InChI is InChI=1S/C18H15F2N3O2/c19-11-7-8-12(20)14(10-11)21-17(24)15-5-3-9-23(15)18-22-13-4-1-2-6-16(13)25-18/h1-2,4,6-8,10,15H,3,5,9H2,(H,21,24)/t15-/m1/s1. The second-order valence-corrected chi connectivity index (χ2v) is 5.93. The highest BCUT2D eigenvalue weighted by Gasteiger charge is 2.34. The molecule has 1 aliphatic heterocycles. The van der Waals surface area contributed by atoms with Gasteiger partial charge >= 0.3 is 0 Å². The minimum absolute atomic E-state index is 0.172. The molecule has 1 saturated heterocycles. The van der Waals surface area contributed by atoms with Gasteiger partial charge in [0.1, 0.15) is 23.2 Å². The third-order valence-corrected chi connectivity index (χ3v) is 4.27. The Morgan fingerprint density at radius 2 is 2.08 bits per heavy atom. The molecule has 0 aliphatic carbocycles. The van der Waals surface area contributed by atoms with Crippen LogP contribution < -0.4 is 10.2 Å². The molecule has 1 N–H and O–H groups in total. The van der Waals surface area contributed by atoms with Crippen molar-refractivity contribution in [3.05, 3.63) is 54.1 Å². The highest BCUT2D eigenvalue weighted by atomic mass is 19.1. The third-order valence-electron chi connectivity index (χ3n) is 4.27. The molecule has 1 aromatic heterocycles. The number of hydrogen-bond acceptors (Lipinski definition) is 4. The molecule has 1 fully saturated rings. The van der Waals surface area contributed by atoms with Crippen molar-refractivity contribution in [1.29, 1.82) is 0 Å². The minimum Gasteiger partial charge on any atom is -0.423 e. The van der Waals surface area contributed by atoms with Gasteiger partial charge in [-0.3, -0.25) is 4.79 Å². The van der Waals surface area contributed by atoms with E-state index in [1.165, 1.54) is 0 Å². The Morgan fingerprint density at radius 3 is 2.92 bits per heavy atom. The van der Waals surface area contributed by atoms with Crippen LogP contribution in [-0.4, -0.2) is 23.5 Å². The highest BCUT2D eigenvalue weighted by Crippen LogP contribution is 2.29. The number of halogens is 2. The number of hydrogen-bond donors (Lipinski definition) is 1. The summed E-state index contributed by atoms with van der Waals surface area (Å²) in [6.07, 6.45) is 1.37. The van der Waals surface area contributed by atoms with E-state index in [0.29, 0.717) is 30.1 Å². The number of rotatable bonds is 3. The molecule has 25 heavy (non-hydrogen) atoms. The summed E-state index contributed by atoms with van der Waals surface area (Å²) in [5.41, 5.74) is 1.17. The molecule has 0 saturated carbocycles. The van der Waals surface area contributed by atoms with Gasteiger partial charge in [-0.05, 0) is 37.1 Å². The molecular weight excluding hydrogens is 328 g/mol. The average molecular weight is 343 g/mol. The van der Waals surface area contributed by atoms with E-state index >= 15 is 0 Å². The van der Waals surface area contributed by atoms with Crippen LogP contribution in [0.3, 0.4) is 0 Å². The molecule has 1 aliphatic rings. The van der Waals surface area contributed by atoms with E-state index in [2.05, 4.69) is 10.3 Å². The number of oxazole rings is 1. The second-order valence-electron chi connectivity index (χ2n) is 5.93. The smallest absolute Gasteiger partial charge is 0.299 e. The van der Waals surface area contributed by atoms with E-state index in [1.54, 1.807) is 11.0 Å². The number of fused-ring (bicyclic) bond motifs is 1. The lowest BCUT2D eigenvalue weighted by Gasteiger charge is -2.22. The lowest BCUT2D eigenvalue weighted by atomic mass is 10.2. The van der Waals surface area contributed by atoms with Crippen molar-refractivity contribution in [1.82, 2.24) is 4.98 Å². The first-order valence-electron chi connectivity index (χ1n) is 8.00. The molecule has 1 amide bonds. The summed E-state index contributed by atoms with van der Waals surface area (Å²) in [6, 6.07) is 10.1. The summed E-state index contributed by atoms with van der Waals surface area (Å²) in [5.74, 6) is -1.70. The van der Waals surface area contributed by atoms with Gasteiger partial charge in [0.05, 0.1) is 5.69 Å². The lowest BCUT2D eigenvalue weighted by Crippen LogP contribution is -2.40. The summed E-state index contributed by atoms with van der Waals surface area (Å²) < 4.78 is 32.8. The fraction of sp³-hybridized carbons (Fsp3) is 0.222. The predicted octanol–water partition coefficient (Wildman–Crippen LogP) is 3.71. The number of carbonyl (C=O) groups is 1. The third kappa shape index (κ3) is 2.93. The van der Waals surface area contributed by atoms with Crippen LogP contribution in [0.1, 0.15) is 12.8 Å². The first-order chi connectivity index (χ1) is 12.1. The van der Waals surface area contributed by atoms with Crippen molar-refractivity contribution >= 4 is 28.7 Å². The van der Waals surface area contributed by atoms with Crippen LogP contribution >= 0.6 is 0 Å². The molecule has 4 rings (SSSR count). The van der Waals surface area contributed by atoms with Crippen LogP contribution in [0.4, 0.5) is 20.5 Å². The van der Waals surface area contributed by atoms with E-state index < -0.39 is 23.6 Å². The van der Waals surface area contributed by atoms with Crippen molar-refractivity contribution < 1.29 is 18.0 Å². The molecular formula is C18H15F2N3O2. The quantitative estimate of drug-likeness (QED) is 0.788. The number of amides is 1. The Bertz CT molecular complexity index is 908. The Hall–Kier alpha value is -2.96. The molecule has 7 heteroatoms. The Kier molecular flexibility index (Phi) is 3.83. The zero-order valence-electron chi connectivity index (χ0n) is 13.2. The predicted molar refractivity (Wildman–Crippen MR) is 89.4 cm³/mol. The largest absolute Gasteiger partial charge is 0.423 e. The first kappa shape index (κ1) is 15.6. The molecule has 0 radical (unpaired) electrons. The topological polar surface area (TPSA) is 58.4 Å².